The van der Waals surface area contributed by atoms with Gasteiger partial charge in [0.1, 0.15) is 5.76 Å². The normalized spacial score (nSPS) is 10.5. The summed E-state index contributed by atoms with van der Waals surface area (Å²) in [4.78, 5) is 12.2. The van der Waals surface area contributed by atoms with Crippen LogP contribution in [0.5, 0.6) is 0 Å². The summed E-state index contributed by atoms with van der Waals surface area (Å²) >= 11 is 11.8. The number of anilines is 1. The molecule has 0 saturated heterocycles. The third-order valence-electron chi connectivity index (χ3n) is 3.12. The summed E-state index contributed by atoms with van der Waals surface area (Å²) in [6.07, 6.45) is 1.62. The quantitative estimate of drug-likeness (QED) is 0.687. The second-order valence-electron chi connectivity index (χ2n) is 4.63. The van der Waals surface area contributed by atoms with E-state index in [0.29, 0.717) is 21.3 Å². The molecule has 0 aliphatic carbocycles. The molecule has 0 radical (unpaired) electrons. The summed E-state index contributed by atoms with van der Waals surface area (Å²) in [6, 6.07) is 15.8. The average molecular weight is 332 g/mol. The highest BCUT2D eigenvalue weighted by Crippen LogP contribution is 2.24. The Labute approximate surface area is 137 Å². The first-order valence-electron chi connectivity index (χ1n) is 6.54. The van der Waals surface area contributed by atoms with Crippen LogP contribution in [-0.2, 0) is 0 Å². The fourth-order valence-corrected chi connectivity index (χ4v) is 2.53. The minimum absolute atomic E-state index is 0.285. The zero-order valence-electron chi connectivity index (χ0n) is 11.3. The molecule has 3 rings (SSSR count). The summed E-state index contributed by atoms with van der Waals surface area (Å²) < 4.78 is 5.32. The van der Waals surface area contributed by atoms with Crippen molar-refractivity contribution >= 4 is 34.8 Å². The van der Waals surface area contributed by atoms with E-state index in [0.717, 1.165) is 11.3 Å². The molecule has 110 valence electrons. The van der Waals surface area contributed by atoms with Gasteiger partial charge in [0.25, 0.3) is 5.91 Å². The lowest BCUT2D eigenvalue weighted by atomic mass is 10.1. The number of furan rings is 1. The number of amides is 1. The van der Waals surface area contributed by atoms with Crippen LogP contribution in [-0.4, -0.2) is 5.91 Å². The molecular weight excluding hydrogens is 321 g/mol. The number of benzene rings is 2. The zero-order chi connectivity index (χ0) is 15.5. The van der Waals surface area contributed by atoms with Crippen molar-refractivity contribution in [3.8, 4) is 11.3 Å². The molecule has 2 aromatic carbocycles. The highest BCUT2D eigenvalue weighted by Gasteiger charge is 2.11. The molecule has 1 heterocycles. The van der Waals surface area contributed by atoms with Crippen LogP contribution in [0, 0.1) is 0 Å². The van der Waals surface area contributed by atoms with Crippen LogP contribution in [0.25, 0.3) is 11.3 Å². The van der Waals surface area contributed by atoms with Crippen LogP contribution in [0.1, 0.15) is 10.4 Å². The van der Waals surface area contributed by atoms with Crippen LogP contribution in [0.2, 0.25) is 10.0 Å². The van der Waals surface area contributed by atoms with Gasteiger partial charge in [-0.05, 0) is 54.6 Å². The molecule has 3 nitrogen and oxygen atoms in total. The molecule has 0 aliphatic heterocycles. The van der Waals surface area contributed by atoms with Crippen molar-refractivity contribution in [2.75, 3.05) is 5.32 Å². The molecule has 0 saturated carbocycles. The summed E-state index contributed by atoms with van der Waals surface area (Å²) in [5.41, 5.74) is 1.99. The number of hydrogen-bond acceptors (Lipinski definition) is 2. The molecule has 0 fully saturated rings. The van der Waals surface area contributed by atoms with Gasteiger partial charge in [-0.25, -0.2) is 0 Å². The maximum Gasteiger partial charge on any atom is 0.257 e. The van der Waals surface area contributed by atoms with E-state index in [4.69, 9.17) is 27.6 Å². The van der Waals surface area contributed by atoms with Gasteiger partial charge in [-0.2, -0.15) is 0 Å². The molecule has 0 unspecified atom stereocenters. The van der Waals surface area contributed by atoms with Crippen LogP contribution in [0.3, 0.4) is 0 Å². The van der Waals surface area contributed by atoms with E-state index in [2.05, 4.69) is 5.32 Å². The highest BCUT2D eigenvalue weighted by atomic mass is 35.5. The van der Waals surface area contributed by atoms with Gasteiger partial charge in [-0.15, -0.1) is 0 Å². The average Bonchev–Trinajstić information content (AvgIpc) is 3.02. The van der Waals surface area contributed by atoms with Crippen molar-refractivity contribution in [3.63, 3.8) is 0 Å². The van der Waals surface area contributed by atoms with E-state index < -0.39 is 0 Å². The van der Waals surface area contributed by atoms with Gasteiger partial charge in [0, 0.05) is 16.3 Å². The van der Waals surface area contributed by atoms with E-state index in [1.807, 2.05) is 24.3 Å². The second-order valence-corrected chi connectivity index (χ2v) is 5.48. The number of carbonyl (C=O) groups is 1. The van der Waals surface area contributed by atoms with Crippen LogP contribution < -0.4 is 5.32 Å². The molecule has 5 heteroatoms. The molecule has 22 heavy (non-hydrogen) atoms. The Balaban J connectivity index is 1.77. The van der Waals surface area contributed by atoms with Gasteiger partial charge < -0.3 is 9.73 Å². The Hall–Kier alpha value is -2.23. The van der Waals surface area contributed by atoms with Crippen LogP contribution >= 0.6 is 23.2 Å². The second kappa shape index (κ2) is 6.26. The molecule has 0 aliphatic rings. The van der Waals surface area contributed by atoms with Crippen molar-refractivity contribution in [3.05, 3.63) is 76.5 Å². The van der Waals surface area contributed by atoms with E-state index in [-0.39, 0.29) is 5.91 Å². The fraction of sp³-hybridized carbons (Fsp3) is 0. The largest absolute Gasteiger partial charge is 0.464 e. The molecular formula is C17H11Cl2NO2. The Kier molecular flexibility index (Phi) is 4.18. The third-order valence-corrected chi connectivity index (χ3v) is 3.67. The Morgan fingerprint density at radius 2 is 1.77 bits per heavy atom. The van der Waals surface area contributed by atoms with Gasteiger partial charge in [0.05, 0.1) is 16.8 Å². The zero-order valence-corrected chi connectivity index (χ0v) is 12.9. The summed E-state index contributed by atoms with van der Waals surface area (Å²) in [6.45, 7) is 0. The monoisotopic (exact) mass is 331 g/mol. The van der Waals surface area contributed by atoms with Crippen LogP contribution in [0.4, 0.5) is 5.69 Å². The number of rotatable bonds is 3. The maximum absolute atomic E-state index is 12.2. The topological polar surface area (TPSA) is 42.2 Å². The minimum atomic E-state index is -0.285. The number of carbonyl (C=O) groups excluding carboxylic acids is 1. The maximum atomic E-state index is 12.2. The first-order valence-corrected chi connectivity index (χ1v) is 7.29. The van der Waals surface area contributed by atoms with Gasteiger partial charge in [-0.3, -0.25) is 4.79 Å². The number of nitrogens with one attached hydrogen (secondary N) is 1. The third kappa shape index (κ3) is 3.16. The molecule has 1 amide bonds. The molecule has 3 aromatic rings. The lowest BCUT2D eigenvalue weighted by molar-refractivity contribution is 0.102. The van der Waals surface area contributed by atoms with E-state index in [9.17, 15) is 4.79 Å². The highest BCUT2D eigenvalue weighted by molar-refractivity contribution is 6.37. The first kappa shape index (κ1) is 14.7. The lowest BCUT2D eigenvalue weighted by Crippen LogP contribution is -2.12. The minimum Gasteiger partial charge on any atom is -0.464 e. The number of hydrogen-bond donors (Lipinski definition) is 1. The van der Waals surface area contributed by atoms with Gasteiger partial charge in [0.15, 0.2) is 0 Å². The van der Waals surface area contributed by atoms with E-state index >= 15 is 0 Å². The Morgan fingerprint density at radius 1 is 1.00 bits per heavy atom. The summed E-state index contributed by atoms with van der Waals surface area (Å²) in [5, 5.41) is 3.60. The molecule has 0 atom stereocenters. The molecule has 0 bridgehead atoms. The van der Waals surface area contributed by atoms with E-state index in [1.54, 1.807) is 30.5 Å². The van der Waals surface area contributed by atoms with Gasteiger partial charge in [0.2, 0.25) is 0 Å². The predicted molar refractivity (Wildman–Crippen MR) is 88.6 cm³/mol. The van der Waals surface area contributed by atoms with Crippen molar-refractivity contribution in [2.45, 2.75) is 0 Å². The number of halogens is 2. The smallest absolute Gasteiger partial charge is 0.257 e. The Morgan fingerprint density at radius 3 is 2.41 bits per heavy atom. The van der Waals surface area contributed by atoms with Crippen molar-refractivity contribution in [1.82, 2.24) is 0 Å². The fourth-order valence-electron chi connectivity index (χ4n) is 2.03. The summed E-state index contributed by atoms with van der Waals surface area (Å²) in [7, 11) is 0. The lowest BCUT2D eigenvalue weighted by Gasteiger charge is -2.07. The van der Waals surface area contributed by atoms with Crippen molar-refractivity contribution in [1.29, 1.82) is 0 Å². The predicted octanol–water partition coefficient (Wildman–Crippen LogP) is 5.51. The standard InChI is InChI=1S/C17H11Cl2NO2/c18-12-5-8-14(15(19)10-12)17(21)20-13-6-3-11(4-7-13)16-2-1-9-22-16/h1-10H,(H,20,21). The Bertz CT molecular complexity index is 796. The van der Waals surface area contributed by atoms with E-state index in [1.165, 1.54) is 6.07 Å². The van der Waals surface area contributed by atoms with Crippen LogP contribution in [0.15, 0.2) is 65.3 Å². The van der Waals surface area contributed by atoms with Crippen molar-refractivity contribution < 1.29 is 9.21 Å². The molecule has 1 aromatic heterocycles. The molecule has 1 N–H and O–H groups in total. The summed E-state index contributed by atoms with van der Waals surface area (Å²) in [5.74, 6) is 0.492. The molecule has 0 spiro atoms. The van der Waals surface area contributed by atoms with Gasteiger partial charge in [-0.1, -0.05) is 23.2 Å². The first-order chi connectivity index (χ1) is 10.6. The van der Waals surface area contributed by atoms with Gasteiger partial charge >= 0.3 is 0 Å². The van der Waals surface area contributed by atoms with Crippen molar-refractivity contribution in [2.24, 2.45) is 0 Å². The SMILES string of the molecule is O=C(Nc1ccc(-c2ccco2)cc1)c1ccc(Cl)cc1Cl.